The van der Waals surface area contributed by atoms with E-state index in [0.717, 1.165) is 17.1 Å². The second-order valence-corrected chi connectivity index (χ2v) is 6.28. The van der Waals surface area contributed by atoms with E-state index in [2.05, 4.69) is 10.3 Å². The Hall–Kier alpha value is -0.590. The van der Waals surface area contributed by atoms with Crippen LogP contribution < -0.4 is 5.32 Å². The van der Waals surface area contributed by atoms with Crippen LogP contribution in [-0.2, 0) is 17.6 Å². The molecular formula is C12H20N2O2S2. The van der Waals surface area contributed by atoms with Gasteiger partial charge >= 0.3 is 0 Å². The summed E-state index contributed by atoms with van der Waals surface area (Å²) in [5, 5.41) is 15.6. The fourth-order valence-electron chi connectivity index (χ4n) is 1.47. The first-order chi connectivity index (χ1) is 8.46. The van der Waals surface area contributed by atoms with Crippen molar-refractivity contribution < 1.29 is 9.90 Å². The zero-order chi connectivity index (χ0) is 13.6. The number of carbonyl (C=O) groups excluding carboxylic acids is 1. The van der Waals surface area contributed by atoms with Crippen LogP contribution in [0.3, 0.4) is 0 Å². The first-order valence-corrected chi connectivity index (χ1v) is 8.15. The molecule has 0 spiro atoms. The van der Waals surface area contributed by atoms with Crippen molar-refractivity contribution in [3.8, 4) is 0 Å². The molecule has 0 saturated carbocycles. The number of rotatable bonds is 7. The lowest BCUT2D eigenvalue weighted by molar-refractivity contribution is -0.121. The van der Waals surface area contributed by atoms with E-state index in [1.807, 2.05) is 18.6 Å². The van der Waals surface area contributed by atoms with Crippen molar-refractivity contribution in [3.63, 3.8) is 0 Å². The molecule has 0 bridgehead atoms. The molecule has 1 heterocycles. The van der Waals surface area contributed by atoms with Gasteiger partial charge in [-0.3, -0.25) is 4.79 Å². The zero-order valence-corrected chi connectivity index (χ0v) is 12.7. The Morgan fingerprint density at radius 2 is 2.39 bits per heavy atom. The molecule has 1 atom stereocenters. The van der Waals surface area contributed by atoms with Gasteiger partial charge in [-0.2, -0.15) is 11.8 Å². The van der Waals surface area contributed by atoms with Crippen molar-refractivity contribution in [1.82, 2.24) is 10.3 Å². The number of nitrogens with zero attached hydrogens (tertiary/aromatic N) is 1. The first-order valence-electron chi connectivity index (χ1n) is 5.88. The lowest BCUT2D eigenvalue weighted by Gasteiger charge is -2.22. The number of amides is 1. The fourth-order valence-corrected chi connectivity index (χ4v) is 2.94. The second kappa shape index (κ2) is 7.11. The molecule has 102 valence electrons. The highest BCUT2D eigenvalue weighted by molar-refractivity contribution is 7.98. The van der Waals surface area contributed by atoms with Gasteiger partial charge in [-0.25, -0.2) is 4.98 Å². The summed E-state index contributed by atoms with van der Waals surface area (Å²) in [6.07, 6.45) is 3.11. The molecule has 0 fully saturated rings. The van der Waals surface area contributed by atoms with E-state index in [0.29, 0.717) is 5.75 Å². The van der Waals surface area contributed by atoms with Gasteiger partial charge in [0.15, 0.2) is 0 Å². The molecule has 1 aromatic rings. The van der Waals surface area contributed by atoms with Gasteiger partial charge in [-0.15, -0.1) is 11.3 Å². The van der Waals surface area contributed by atoms with Crippen LogP contribution in [0.15, 0.2) is 5.38 Å². The Bertz CT molecular complexity index is 391. The molecule has 1 amide bonds. The molecule has 1 rings (SSSR count). The standard InChI is InChI=1S/C12H20N2O2S2/c1-4-11-14-9(6-18-11)5-10(15)13-7-12(2,16)8-17-3/h6,16H,4-5,7-8H2,1-3H3,(H,13,15). The van der Waals surface area contributed by atoms with Gasteiger partial charge < -0.3 is 10.4 Å². The Labute approximate surface area is 116 Å². The fraction of sp³-hybridized carbons (Fsp3) is 0.667. The van der Waals surface area contributed by atoms with Crippen molar-refractivity contribution in [2.24, 2.45) is 0 Å². The molecule has 2 N–H and O–H groups in total. The van der Waals surface area contributed by atoms with E-state index in [1.165, 1.54) is 0 Å². The van der Waals surface area contributed by atoms with Crippen LogP contribution >= 0.6 is 23.1 Å². The molecule has 6 heteroatoms. The van der Waals surface area contributed by atoms with Crippen molar-refractivity contribution in [2.75, 3.05) is 18.6 Å². The first kappa shape index (κ1) is 15.5. The number of aliphatic hydroxyl groups is 1. The second-order valence-electron chi connectivity index (χ2n) is 4.47. The summed E-state index contributed by atoms with van der Waals surface area (Å²) in [6, 6.07) is 0. The van der Waals surface area contributed by atoms with Crippen LogP contribution in [0.4, 0.5) is 0 Å². The van der Waals surface area contributed by atoms with E-state index in [4.69, 9.17) is 0 Å². The van der Waals surface area contributed by atoms with Gasteiger partial charge in [0.25, 0.3) is 0 Å². The van der Waals surface area contributed by atoms with E-state index >= 15 is 0 Å². The Morgan fingerprint density at radius 3 is 2.94 bits per heavy atom. The van der Waals surface area contributed by atoms with Crippen molar-refractivity contribution >= 4 is 29.0 Å². The molecule has 1 unspecified atom stereocenters. The molecular weight excluding hydrogens is 268 g/mol. The lowest BCUT2D eigenvalue weighted by atomic mass is 10.1. The summed E-state index contributed by atoms with van der Waals surface area (Å²) in [5.74, 6) is 0.508. The van der Waals surface area contributed by atoms with Crippen molar-refractivity contribution in [3.05, 3.63) is 16.1 Å². The molecule has 0 radical (unpaired) electrons. The van der Waals surface area contributed by atoms with E-state index in [1.54, 1.807) is 30.0 Å². The maximum absolute atomic E-state index is 11.7. The molecule has 0 aromatic carbocycles. The third-order valence-electron chi connectivity index (χ3n) is 2.37. The molecule has 4 nitrogen and oxygen atoms in total. The number of hydrogen-bond acceptors (Lipinski definition) is 5. The Morgan fingerprint density at radius 1 is 1.67 bits per heavy atom. The van der Waals surface area contributed by atoms with E-state index < -0.39 is 5.60 Å². The summed E-state index contributed by atoms with van der Waals surface area (Å²) in [5.41, 5.74) is -0.0509. The van der Waals surface area contributed by atoms with Crippen LogP contribution in [-0.4, -0.2) is 40.2 Å². The summed E-state index contributed by atoms with van der Waals surface area (Å²) < 4.78 is 0. The van der Waals surface area contributed by atoms with Crippen LogP contribution in [0.1, 0.15) is 24.5 Å². The van der Waals surface area contributed by atoms with Crippen LogP contribution in [0.2, 0.25) is 0 Å². The minimum atomic E-state index is -0.855. The van der Waals surface area contributed by atoms with Gasteiger partial charge in [0.2, 0.25) is 5.91 Å². The summed E-state index contributed by atoms with van der Waals surface area (Å²) in [4.78, 5) is 16.0. The van der Waals surface area contributed by atoms with Crippen LogP contribution in [0.5, 0.6) is 0 Å². The lowest BCUT2D eigenvalue weighted by Crippen LogP contribution is -2.42. The Balaban J connectivity index is 2.37. The van der Waals surface area contributed by atoms with Gasteiger partial charge in [-0.1, -0.05) is 6.92 Å². The van der Waals surface area contributed by atoms with Crippen LogP contribution in [0.25, 0.3) is 0 Å². The minimum Gasteiger partial charge on any atom is -0.387 e. The monoisotopic (exact) mass is 288 g/mol. The summed E-state index contributed by atoms with van der Waals surface area (Å²) in [6.45, 7) is 4.04. The molecule has 0 aliphatic rings. The van der Waals surface area contributed by atoms with Crippen LogP contribution in [0, 0.1) is 0 Å². The predicted octanol–water partition coefficient (Wildman–Crippen LogP) is 1.48. The van der Waals surface area contributed by atoms with Gasteiger partial charge in [-0.05, 0) is 19.6 Å². The summed E-state index contributed by atoms with van der Waals surface area (Å²) in [7, 11) is 0. The minimum absolute atomic E-state index is 0.0932. The largest absolute Gasteiger partial charge is 0.387 e. The highest BCUT2D eigenvalue weighted by atomic mass is 32.2. The SMILES string of the molecule is CCc1nc(CC(=O)NCC(C)(O)CSC)cs1. The molecule has 0 saturated heterocycles. The van der Waals surface area contributed by atoms with Gasteiger partial charge in [0.05, 0.1) is 22.7 Å². The third kappa shape index (κ3) is 5.37. The van der Waals surface area contributed by atoms with Crippen molar-refractivity contribution in [1.29, 1.82) is 0 Å². The number of thiazole rings is 1. The number of nitrogens with one attached hydrogen (secondary N) is 1. The third-order valence-corrected chi connectivity index (χ3v) is 4.32. The number of thioether (sulfide) groups is 1. The average molecular weight is 288 g/mol. The molecule has 0 aliphatic carbocycles. The number of carbonyl (C=O) groups is 1. The number of aryl methyl sites for hydroxylation is 1. The van der Waals surface area contributed by atoms with E-state index in [9.17, 15) is 9.90 Å². The highest BCUT2D eigenvalue weighted by Crippen LogP contribution is 2.11. The molecule has 18 heavy (non-hydrogen) atoms. The Kier molecular flexibility index (Phi) is 6.11. The highest BCUT2D eigenvalue weighted by Gasteiger charge is 2.20. The van der Waals surface area contributed by atoms with Crippen molar-refractivity contribution in [2.45, 2.75) is 32.3 Å². The quantitative estimate of drug-likeness (QED) is 0.798. The summed E-state index contributed by atoms with van der Waals surface area (Å²) >= 11 is 3.14. The average Bonchev–Trinajstić information content (AvgIpc) is 2.74. The number of aromatic nitrogens is 1. The zero-order valence-electron chi connectivity index (χ0n) is 11.0. The predicted molar refractivity (Wildman–Crippen MR) is 77.2 cm³/mol. The smallest absolute Gasteiger partial charge is 0.226 e. The number of hydrogen-bond donors (Lipinski definition) is 2. The maximum Gasteiger partial charge on any atom is 0.226 e. The molecule has 1 aromatic heterocycles. The van der Waals surface area contributed by atoms with E-state index in [-0.39, 0.29) is 18.9 Å². The van der Waals surface area contributed by atoms with Gasteiger partial charge in [0.1, 0.15) is 0 Å². The topological polar surface area (TPSA) is 62.2 Å². The molecule has 0 aliphatic heterocycles. The maximum atomic E-state index is 11.7. The van der Waals surface area contributed by atoms with Gasteiger partial charge in [0, 0.05) is 17.7 Å². The normalized spacial score (nSPS) is 14.2.